The normalized spacial score (nSPS) is 29.0. The Labute approximate surface area is 260 Å². The number of nitrogens with zero attached hydrogens (tertiary/aromatic N) is 4. The van der Waals surface area contributed by atoms with E-state index in [4.69, 9.17) is 16.6 Å². The Morgan fingerprint density at radius 3 is 2.30 bits per heavy atom. The van der Waals surface area contributed by atoms with Gasteiger partial charge in [-0.05, 0) is 74.1 Å². The first-order valence-corrected chi connectivity index (χ1v) is 16.4. The molecule has 1 aromatic carbocycles. The molecule has 0 spiro atoms. The van der Waals surface area contributed by atoms with Crippen molar-refractivity contribution in [1.82, 2.24) is 25.1 Å². The van der Waals surface area contributed by atoms with E-state index in [2.05, 4.69) is 46.6 Å². The van der Waals surface area contributed by atoms with Crippen molar-refractivity contribution in [3.63, 3.8) is 0 Å². The van der Waals surface area contributed by atoms with Crippen LogP contribution in [-0.4, -0.2) is 76.4 Å². The number of halogens is 1. The predicted molar refractivity (Wildman–Crippen MR) is 171 cm³/mol. The van der Waals surface area contributed by atoms with Gasteiger partial charge in [-0.15, -0.1) is 0 Å². The van der Waals surface area contributed by atoms with Crippen molar-refractivity contribution in [2.75, 3.05) is 43.9 Å². The highest BCUT2D eigenvalue weighted by atomic mass is 35.5. The second-order valence-corrected chi connectivity index (χ2v) is 14.2. The van der Waals surface area contributed by atoms with Gasteiger partial charge in [0, 0.05) is 56.6 Å². The monoisotopic (exact) mass is 607 g/mol. The Bertz CT molecular complexity index is 1340. The minimum atomic E-state index is -0.475. The molecule has 4 aliphatic carbocycles. The second-order valence-electron chi connectivity index (χ2n) is 13.8. The highest BCUT2D eigenvalue weighted by molar-refractivity contribution is 6.29. The number of aromatic nitrogens is 2. The quantitative estimate of drug-likeness (QED) is 0.354. The van der Waals surface area contributed by atoms with E-state index in [1.807, 2.05) is 29.2 Å². The number of carbonyl (C=O) groups excluding carboxylic acids is 2. The molecule has 9 nitrogen and oxygen atoms in total. The maximum atomic E-state index is 13.2. The summed E-state index contributed by atoms with van der Waals surface area (Å²) in [6.45, 7) is 10.2. The molecule has 43 heavy (non-hydrogen) atoms. The van der Waals surface area contributed by atoms with Crippen LogP contribution in [0, 0.1) is 23.2 Å². The van der Waals surface area contributed by atoms with Gasteiger partial charge < -0.3 is 20.9 Å². The molecule has 3 N–H and O–H groups in total. The number of amides is 2. The molecule has 5 aliphatic rings. The number of anilines is 3. The van der Waals surface area contributed by atoms with Gasteiger partial charge in [-0.25, -0.2) is 4.98 Å². The third-order valence-electron chi connectivity index (χ3n) is 11.2. The Morgan fingerprint density at radius 1 is 0.953 bits per heavy atom. The molecule has 10 heteroatoms. The molecule has 2 aromatic rings. The summed E-state index contributed by atoms with van der Waals surface area (Å²) in [6.07, 6.45) is 8.56. The molecular weight excluding hydrogens is 562 g/mol. The first-order valence-electron chi connectivity index (χ1n) is 16.0. The largest absolute Gasteiger partial charge is 0.364 e. The fourth-order valence-corrected chi connectivity index (χ4v) is 8.67. The van der Waals surface area contributed by atoms with E-state index in [1.165, 1.54) is 32.1 Å². The topological polar surface area (TPSA) is 102 Å². The van der Waals surface area contributed by atoms with Crippen LogP contribution in [0.4, 0.5) is 17.5 Å². The molecule has 0 unspecified atom stereocenters. The summed E-state index contributed by atoms with van der Waals surface area (Å²) < 4.78 is 0. The van der Waals surface area contributed by atoms with Gasteiger partial charge in [0.25, 0.3) is 5.91 Å². The maximum Gasteiger partial charge on any atom is 0.253 e. The van der Waals surface area contributed by atoms with Crippen LogP contribution in [0.5, 0.6) is 0 Å². The van der Waals surface area contributed by atoms with Crippen LogP contribution in [-0.2, 0) is 4.79 Å². The molecule has 1 aliphatic heterocycles. The molecule has 2 amide bonds. The van der Waals surface area contributed by atoms with Crippen molar-refractivity contribution < 1.29 is 9.59 Å². The molecule has 4 atom stereocenters. The van der Waals surface area contributed by atoms with Crippen LogP contribution >= 0.6 is 11.6 Å². The van der Waals surface area contributed by atoms with E-state index in [9.17, 15) is 9.59 Å². The molecular formula is C33H46ClN7O2. The number of benzene rings is 1. The molecule has 0 radical (unpaired) electrons. The van der Waals surface area contributed by atoms with Crippen LogP contribution in [0.25, 0.3) is 0 Å². The van der Waals surface area contributed by atoms with Gasteiger partial charge in [0.05, 0.1) is 11.5 Å². The van der Waals surface area contributed by atoms with Gasteiger partial charge in [0.1, 0.15) is 11.0 Å². The summed E-state index contributed by atoms with van der Waals surface area (Å²) in [5.41, 5.74) is 1.11. The summed E-state index contributed by atoms with van der Waals surface area (Å²) in [6, 6.07) is 9.88. The Morgan fingerprint density at radius 2 is 1.65 bits per heavy atom. The molecule has 1 aromatic heterocycles. The van der Waals surface area contributed by atoms with E-state index in [1.54, 1.807) is 13.1 Å². The third-order valence-corrected chi connectivity index (χ3v) is 11.4. The van der Waals surface area contributed by atoms with Crippen molar-refractivity contribution in [3.8, 4) is 0 Å². The Hall–Kier alpha value is -2.91. The van der Waals surface area contributed by atoms with Crippen LogP contribution in [0.3, 0.4) is 0 Å². The van der Waals surface area contributed by atoms with Crippen molar-refractivity contribution in [2.24, 2.45) is 23.2 Å². The lowest BCUT2D eigenvalue weighted by Crippen LogP contribution is -2.69. The summed E-state index contributed by atoms with van der Waals surface area (Å²) in [4.78, 5) is 39.9. The van der Waals surface area contributed by atoms with Gasteiger partial charge >= 0.3 is 0 Å². The Kier molecular flexibility index (Phi) is 8.33. The number of carbonyl (C=O) groups is 2. The van der Waals surface area contributed by atoms with Crippen molar-refractivity contribution >= 4 is 40.9 Å². The van der Waals surface area contributed by atoms with E-state index in [0.29, 0.717) is 40.4 Å². The van der Waals surface area contributed by atoms with E-state index < -0.39 is 5.54 Å². The van der Waals surface area contributed by atoms with Crippen LogP contribution < -0.4 is 16.0 Å². The van der Waals surface area contributed by atoms with Crippen molar-refractivity contribution in [3.05, 3.63) is 41.0 Å². The maximum absolute atomic E-state index is 13.2. The van der Waals surface area contributed by atoms with Crippen LogP contribution in [0.1, 0.15) is 76.1 Å². The summed E-state index contributed by atoms with van der Waals surface area (Å²) in [5, 5.41) is 10.1. The number of hydrogen-bond donors (Lipinski definition) is 3. The van der Waals surface area contributed by atoms with E-state index in [-0.39, 0.29) is 23.1 Å². The molecule has 2 bridgehead atoms. The zero-order valence-corrected chi connectivity index (χ0v) is 26.7. The van der Waals surface area contributed by atoms with E-state index >= 15 is 0 Å². The zero-order chi connectivity index (χ0) is 30.4. The summed E-state index contributed by atoms with van der Waals surface area (Å²) in [7, 11) is 1.70. The van der Waals surface area contributed by atoms with Gasteiger partial charge in [-0.3, -0.25) is 14.5 Å². The molecule has 5 fully saturated rings. The van der Waals surface area contributed by atoms with Gasteiger partial charge in [0.15, 0.2) is 0 Å². The lowest BCUT2D eigenvalue weighted by molar-refractivity contribution is -0.155. The standard InChI is InChI=1S/C33H46ClN7O2/c1-32(2)22-18-25(29(42)35-4)33(3,26(32)19-22)39-28-20-27(34)37-31(38-28)36-23-12-10-21(11-13-23)30(43)41-16-14-40(15-17-41)24-8-6-5-7-9-24/h10-13,20,22,24-26H,5-9,14-19H2,1-4H3,(H,35,42)(H2,36,37,38,39)/t22-,25-,26-,33+/m1/s1. The summed E-state index contributed by atoms with van der Waals surface area (Å²) >= 11 is 6.46. The van der Waals surface area contributed by atoms with Crippen molar-refractivity contribution in [1.29, 1.82) is 0 Å². The molecule has 1 saturated heterocycles. The molecule has 232 valence electrons. The average molecular weight is 608 g/mol. The smallest absolute Gasteiger partial charge is 0.253 e. The fourth-order valence-electron chi connectivity index (χ4n) is 8.49. The first-order chi connectivity index (χ1) is 20.6. The lowest BCUT2D eigenvalue weighted by Gasteiger charge is -2.66. The second kappa shape index (κ2) is 11.9. The highest BCUT2D eigenvalue weighted by Gasteiger charge is 2.64. The van der Waals surface area contributed by atoms with E-state index in [0.717, 1.165) is 44.7 Å². The number of rotatable bonds is 7. The number of nitrogens with one attached hydrogen (secondary N) is 3. The third kappa shape index (κ3) is 5.82. The van der Waals surface area contributed by atoms with Crippen molar-refractivity contribution in [2.45, 2.75) is 77.3 Å². The SMILES string of the molecule is CNC(=O)[C@H]1C[C@@H]2C[C@H](C2(C)C)[C@@]1(C)Nc1cc(Cl)nc(Nc2ccc(C(=O)N3CCN(C4CCCCC4)CC3)cc2)n1. The van der Waals surface area contributed by atoms with Gasteiger partial charge in [-0.2, -0.15) is 4.98 Å². The van der Waals surface area contributed by atoms with Crippen LogP contribution in [0.2, 0.25) is 5.15 Å². The van der Waals surface area contributed by atoms with Crippen LogP contribution in [0.15, 0.2) is 30.3 Å². The summed E-state index contributed by atoms with van der Waals surface area (Å²) in [5.74, 6) is 1.77. The van der Waals surface area contributed by atoms with Gasteiger partial charge in [-0.1, -0.05) is 44.7 Å². The molecule has 4 saturated carbocycles. The number of hydrogen-bond acceptors (Lipinski definition) is 7. The Balaban J connectivity index is 1.11. The average Bonchev–Trinajstić information content (AvgIpc) is 3.00. The molecule has 2 heterocycles. The minimum Gasteiger partial charge on any atom is -0.364 e. The number of fused-ring (bicyclic) bond motifs is 2. The first kappa shape index (κ1) is 30.1. The zero-order valence-electron chi connectivity index (χ0n) is 26.0. The predicted octanol–water partition coefficient (Wildman–Crippen LogP) is 5.56. The fraction of sp³-hybridized carbons (Fsp3) is 0.636. The highest BCUT2D eigenvalue weighted by Crippen LogP contribution is 2.65. The molecule has 7 rings (SSSR count). The lowest BCUT2D eigenvalue weighted by atomic mass is 9.40. The minimum absolute atomic E-state index is 0.0550. The number of piperazine rings is 1. The van der Waals surface area contributed by atoms with Gasteiger partial charge in [0.2, 0.25) is 11.9 Å².